The third-order valence-electron chi connectivity index (χ3n) is 4.03. The third-order valence-corrected chi connectivity index (χ3v) is 7.23. The Morgan fingerprint density at radius 2 is 2.26 bits per heavy atom. The number of rotatable bonds is 4. The highest BCUT2D eigenvalue weighted by Gasteiger charge is 2.23. The zero-order valence-corrected chi connectivity index (χ0v) is 15.4. The van der Waals surface area contributed by atoms with Gasteiger partial charge in [0.25, 0.3) is 0 Å². The maximum absolute atomic E-state index is 4.81. The van der Waals surface area contributed by atoms with Crippen molar-refractivity contribution in [3.8, 4) is 0 Å². The zero-order valence-electron chi connectivity index (χ0n) is 12.9. The Kier molecular flexibility index (Phi) is 4.60. The second kappa shape index (κ2) is 6.83. The van der Waals surface area contributed by atoms with E-state index >= 15 is 0 Å². The molecule has 0 radical (unpaired) electrons. The van der Waals surface area contributed by atoms with E-state index < -0.39 is 0 Å². The van der Waals surface area contributed by atoms with Gasteiger partial charge in [-0.05, 0) is 48.4 Å². The van der Waals surface area contributed by atoms with Crippen molar-refractivity contribution in [1.29, 1.82) is 0 Å². The Morgan fingerprint density at radius 1 is 1.30 bits per heavy atom. The molecule has 1 aromatic carbocycles. The summed E-state index contributed by atoms with van der Waals surface area (Å²) in [5.41, 5.74) is 2.50. The van der Waals surface area contributed by atoms with E-state index in [1.165, 1.54) is 25.9 Å². The molecule has 0 fully saturated rings. The van der Waals surface area contributed by atoms with Crippen molar-refractivity contribution in [1.82, 2.24) is 4.98 Å². The number of hydrogen-bond donors (Lipinski definition) is 0. The molecule has 0 N–H and O–H groups in total. The molecular formula is C18H18N2S3. The lowest BCUT2D eigenvalue weighted by Gasteiger charge is -2.25. The molecule has 0 bridgehead atoms. The summed E-state index contributed by atoms with van der Waals surface area (Å²) in [7, 11) is 0. The number of fused-ring (bicyclic) bond motifs is 2. The number of aliphatic imine (C=N–C) groups is 1. The number of hydrogen-bond acceptors (Lipinski definition) is 5. The summed E-state index contributed by atoms with van der Waals surface area (Å²) in [4.78, 5) is 10.7. The van der Waals surface area contributed by atoms with Crippen molar-refractivity contribution < 1.29 is 0 Å². The van der Waals surface area contributed by atoms with Crippen LogP contribution in [0.2, 0.25) is 0 Å². The van der Waals surface area contributed by atoms with Gasteiger partial charge < -0.3 is 0 Å². The van der Waals surface area contributed by atoms with Gasteiger partial charge >= 0.3 is 0 Å². The van der Waals surface area contributed by atoms with Crippen LogP contribution in [0.4, 0.5) is 0 Å². The van der Waals surface area contributed by atoms with Crippen LogP contribution in [0.5, 0.6) is 0 Å². The van der Waals surface area contributed by atoms with Gasteiger partial charge in [0, 0.05) is 16.4 Å². The third kappa shape index (κ3) is 3.42. The highest BCUT2D eigenvalue weighted by Crippen LogP contribution is 2.38. The van der Waals surface area contributed by atoms with Crippen LogP contribution in [0.3, 0.4) is 0 Å². The molecule has 118 valence electrons. The summed E-state index contributed by atoms with van der Waals surface area (Å²) in [5.74, 6) is 1.11. The summed E-state index contributed by atoms with van der Waals surface area (Å²) < 4.78 is 2.48. The quantitative estimate of drug-likeness (QED) is 0.665. The second-order valence-corrected chi connectivity index (χ2v) is 9.47. The molecule has 2 aromatic rings. The molecule has 0 saturated heterocycles. The van der Waals surface area contributed by atoms with Crippen molar-refractivity contribution in [2.75, 3.05) is 5.75 Å². The van der Waals surface area contributed by atoms with Crippen LogP contribution in [-0.2, 0) is 0 Å². The highest BCUT2D eigenvalue weighted by atomic mass is 32.2. The first-order chi connectivity index (χ1) is 11.3. The van der Waals surface area contributed by atoms with E-state index in [1.54, 1.807) is 0 Å². The van der Waals surface area contributed by atoms with Crippen molar-refractivity contribution in [3.63, 3.8) is 0 Å². The summed E-state index contributed by atoms with van der Waals surface area (Å²) >= 11 is 5.61. The van der Waals surface area contributed by atoms with Gasteiger partial charge in [0.2, 0.25) is 0 Å². The van der Waals surface area contributed by atoms with Crippen LogP contribution in [0.15, 0.2) is 56.2 Å². The van der Waals surface area contributed by atoms with Crippen molar-refractivity contribution in [3.05, 3.63) is 42.0 Å². The minimum Gasteiger partial charge on any atom is -0.285 e. The van der Waals surface area contributed by atoms with Gasteiger partial charge in [-0.3, -0.25) is 4.99 Å². The van der Waals surface area contributed by atoms with Crippen LogP contribution >= 0.6 is 34.9 Å². The Bertz CT molecular complexity index is 804. The molecule has 1 aliphatic carbocycles. The number of benzene rings is 1. The molecule has 2 aliphatic rings. The molecule has 2 heterocycles. The fourth-order valence-electron chi connectivity index (χ4n) is 2.95. The van der Waals surface area contributed by atoms with Gasteiger partial charge in [-0.15, -0.1) is 23.1 Å². The molecule has 1 aromatic heterocycles. The highest BCUT2D eigenvalue weighted by molar-refractivity contribution is 8.01. The fraction of sp³-hybridized carbons (Fsp3) is 0.333. The van der Waals surface area contributed by atoms with Gasteiger partial charge in [0.15, 0.2) is 4.34 Å². The molecular weight excluding hydrogens is 340 g/mol. The van der Waals surface area contributed by atoms with E-state index in [1.807, 2.05) is 47.2 Å². The molecule has 0 saturated carbocycles. The van der Waals surface area contributed by atoms with Crippen molar-refractivity contribution >= 4 is 51.3 Å². The Balaban J connectivity index is 1.53. The molecule has 2 nitrogen and oxygen atoms in total. The van der Waals surface area contributed by atoms with Crippen LogP contribution in [-0.4, -0.2) is 28.2 Å². The van der Waals surface area contributed by atoms with Crippen LogP contribution in [0, 0.1) is 0 Å². The average Bonchev–Trinajstić information content (AvgIpc) is 2.96. The van der Waals surface area contributed by atoms with Gasteiger partial charge in [0.1, 0.15) is 0 Å². The summed E-state index contributed by atoms with van der Waals surface area (Å²) in [6, 6.07) is 7.00. The van der Waals surface area contributed by atoms with E-state index in [2.05, 4.69) is 42.3 Å². The number of thiazole rings is 1. The summed E-state index contributed by atoms with van der Waals surface area (Å²) in [6.45, 7) is 2.19. The molecule has 0 spiro atoms. The lowest BCUT2D eigenvalue weighted by molar-refractivity contribution is 0.634. The van der Waals surface area contributed by atoms with Crippen molar-refractivity contribution in [2.24, 2.45) is 4.99 Å². The monoisotopic (exact) mass is 358 g/mol. The average molecular weight is 359 g/mol. The van der Waals surface area contributed by atoms with E-state index in [9.17, 15) is 0 Å². The fourth-order valence-corrected chi connectivity index (χ4v) is 6.18. The lowest BCUT2D eigenvalue weighted by Crippen LogP contribution is -2.19. The predicted molar refractivity (Wildman–Crippen MR) is 104 cm³/mol. The number of dihydropyridines is 1. The minimum absolute atomic E-state index is 0.390. The maximum atomic E-state index is 4.81. The molecule has 4 rings (SSSR count). The predicted octanol–water partition coefficient (Wildman–Crippen LogP) is 5.60. The van der Waals surface area contributed by atoms with E-state index in [0.717, 1.165) is 17.7 Å². The van der Waals surface area contributed by atoms with Crippen molar-refractivity contribution in [2.45, 2.75) is 40.3 Å². The molecule has 23 heavy (non-hydrogen) atoms. The van der Waals surface area contributed by atoms with E-state index in [-0.39, 0.29) is 0 Å². The normalized spacial score (nSPS) is 23.1. The molecule has 0 amide bonds. The minimum atomic E-state index is 0.390. The van der Waals surface area contributed by atoms with Gasteiger partial charge in [-0.1, -0.05) is 30.8 Å². The molecule has 5 heteroatoms. The van der Waals surface area contributed by atoms with Gasteiger partial charge in [-0.25, -0.2) is 4.98 Å². The first kappa shape index (κ1) is 15.5. The standard InChI is InChI=1S/C18H18N2S3/c1-2-21-13-5-8-16-17(11-13)23-18(20-16)22-14-6-7-15-12(10-14)4-3-9-19-15/h3-5,8-11,14-15H,2,6-7H2,1H3. The Morgan fingerprint density at radius 3 is 3.17 bits per heavy atom. The number of aromatic nitrogens is 1. The Labute approximate surface area is 149 Å². The van der Waals surface area contributed by atoms with E-state index in [4.69, 9.17) is 4.98 Å². The summed E-state index contributed by atoms with van der Waals surface area (Å²) in [5, 5.41) is 0.518. The van der Waals surface area contributed by atoms with Crippen LogP contribution < -0.4 is 0 Å². The number of thioether (sulfide) groups is 2. The molecule has 2 atom stereocenters. The van der Waals surface area contributed by atoms with E-state index in [0.29, 0.717) is 11.3 Å². The maximum Gasteiger partial charge on any atom is 0.151 e. The van der Waals surface area contributed by atoms with Gasteiger partial charge in [-0.2, -0.15) is 0 Å². The first-order valence-electron chi connectivity index (χ1n) is 7.93. The lowest BCUT2D eigenvalue weighted by atomic mass is 9.93. The number of nitrogens with zero attached hydrogens (tertiary/aromatic N) is 2. The molecule has 1 aliphatic heterocycles. The Hall–Kier alpha value is -1.04. The SMILES string of the molecule is CCSc1ccc2nc(SC3C=C4C=CC=NC4CC3)sc2c1. The topological polar surface area (TPSA) is 25.2 Å². The smallest absolute Gasteiger partial charge is 0.151 e. The summed E-state index contributed by atoms with van der Waals surface area (Å²) in [6.07, 6.45) is 10.9. The van der Waals surface area contributed by atoms with Gasteiger partial charge in [0.05, 0.1) is 16.3 Å². The van der Waals surface area contributed by atoms with Crippen LogP contribution in [0.25, 0.3) is 10.2 Å². The first-order valence-corrected chi connectivity index (χ1v) is 10.6. The molecule has 2 unspecified atom stereocenters. The zero-order chi connectivity index (χ0) is 15.6. The second-order valence-electron chi connectivity index (χ2n) is 5.62. The van der Waals surface area contributed by atoms with Crippen LogP contribution in [0.1, 0.15) is 19.8 Å². The number of allylic oxidation sites excluding steroid dienone is 1. The largest absolute Gasteiger partial charge is 0.285 e.